The fraction of sp³-hybridized carbons (Fsp3) is 0.400. The molecule has 0 saturated carbocycles. The first kappa shape index (κ1) is 13.6. The zero-order valence-electron chi connectivity index (χ0n) is 11.5. The molecule has 4 heteroatoms. The molecule has 1 aromatic carbocycles. The quantitative estimate of drug-likeness (QED) is 0.887. The Hall–Kier alpha value is -1.81. The van der Waals surface area contributed by atoms with Gasteiger partial charge in [0.1, 0.15) is 5.75 Å². The van der Waals surface area contributed by atoms with Crippen molar-refractivity contribution in [2.45, 2.75) is 32.3 Å². The minimum atomic E-state index is -0.802. The second kappa shape index (κ2) is 5.05. The summed E-state index contributed by atoms with van der Waals surface area (Å²) < 4.78 is 5.40. The second-order valence-electron chi connectivity index (χ2n) is 5.32. The molecule has 0 atom stereocenters. The van der Waals surface area contributed by atoms with Crippen LogP contribution in [0.5, 0.6) is 5.75 Å². The van der Waals surface area contributed by atoms with E-state index in [0.717, 1.165) is 10.9 Å². The van der Waals surface area contributed by atoms with Crippen LogP contribution in [0.4, 0.5) is 0 Å². The Balaban J connectivity index is 2.53. The highest BCUT2D eigenvalue weighted by Crippen LogP contribution is 2.27. The van der Waals surface area contributed by atoms with Gasteiger partial charge in [-0.25, -0.2) is 0 Å². The Morgan fingerprint density at radius 3 is 2.63 bits per heavy atom. The van der Waals surface area contributed by atoms with Crippen LogP contribution in [-0.2, 0) is 6.42 Å². The first-order chi connectivity index (χ1) is 8.92. The van der Waals surface area contributed by atoms with E-state index in [9.17, 15) is 9.90 Å². The van der Waals surface area contributed by atoms with Crippen molar-refractivity contribution in [3.63, 3.8) is 0 Å². The Kier molecular flexibility index (Phi) is 3.62. The van der Waals surface area contributed by atoms with Crippen LogP contribution in [0.15, 0.2) is 29.1 Å². The molecule has 2 N–H and O–H groups in total. The molecule has 0 radical (unpaired) electrons. The average molecular weight is 261 g/mol. The maximum absolute atomic E-state index is 12.1. The van der Waals surface area contributed by atoms with Gasteiger partial charge in [0.2, 0.25) is 0 Å². The lowest BCUT2D eigenvalue weighted by Crippen LogP contribution is -2.22. The molecular formula is C15H19NO3. The average Bonchev–Trinajstić information content (AvgIpc) is 2.34. The summed E-state index contributed by atoms with van der Waals surface area (Å²) in [4.78, 5) is 15.0. The fourth-order valence-corrected chi connectivity index (χ4v) is 2.14. The van der Waals surface area contributed by atoms with Crippen LogP contribution >= 0.6 is 0 Å². The van der Waals surface area contributed by atoms with Crippen LogP contribution in [0.2, 0.25) is 0 Å². The fourth-order valence-electron chi connectivity index (χ4n) is 2.14. The molecule has 102 valence electrons. The molecule has 0 amide bonds. The van der Waals surface area contributed by atoms with Gasteiger partial charge in [-0.15, -0.1) is 0 Å². The summed E-state index contributed by atoms with van der Waals surface area (Å²) in [5.41, 5.74) is 0.391. The smallest absolute Gasteiger partial charge is 0.255 e. The van der Waals surface area contributed by atoms with E-state index in [1.165, 1.54) is 0 Å². The number of H-pyrrole nitrogens is 1. The highest BCUT2D eigenvalue weighted by atomic mass is 16.5. The number of rotatable bonds is 4. The molecule has 1 aromatic heterocycles. The van der Waals surface area contributed by atoms with Crippen molar-refractivity contribution in [2.75, 3.05) is 7.11 Å². The van der Waals surface area contributed by atoms with Gasteiger partial charge in [0.15, 0.2) is 0 Å². The number of nitrogens with one attached hydrogen (secondary N) is 1. The van der Waals surface area contributed by atoms with Gasteiger partial charge >= 0.3 is 0 Å². The van der Waals surface area contributed by atoms with Crippen LogP contribution in [-0.4, -0.2) is 22.8 Å². The summed E-state index contributed by atoms with van der Waals surface area (Å²) in [6.07, 6.45) is 0.984. The largest absolute Gasteiger partial charge is 0.496 e. The highest BCUT2D eigenvalue weighted by Gasteiger charge is 2.18. The van der Waals surface area contributed by atoms with Crippen molar-refractivity contribution in [1.29, 1.82) is 0 Å². The van der Waals surface area contributed by atoms with Gasteiger partial charge in [-0.1, -0.05) is 12.1 Å². The second-order valence-corrected chi connectivity index (χ2v) is 5.32. The molecule has 0 aliphatic heterocycles. The maximum Gasteiger partial charge on any atom is 0.255 e. The van der Waals surface area contributed by atoms with E-state index < -0.39 is 5.60 Å². The number of ether oxygens (including phenoxy) is 1. The van der Waals surface area contributed by atoms with Gasteiger partial charge < -0.3 is 14.8 Å². The molecule has 0 bridgehead atoms. The number of methoxy groups -OCH3 is 1. The number of aromatic amines is 1. The highest BCUT2D eigenvalue weighted by molar-refractivity contribution is 5.86. The predicted octanol–water partition coefficient (Wildman–Crippen LogP) is 2.24. The van der Waals surface area contributed by atoms with Gasteiger partial charge in [0, 0.05) is 5.39 Å². The summed E-state index contributed by atoms with van der Waals surface area (Å²) >= 11 is 0. The molecule has 0 aliphatic carbocycles. The van der Waals surface area contributed by atoms with Gasteiger partial charge in [-0.2, -0.15) is 0 Å². The molecule has 0 unspecified atom stereocenters. The molecule has 0 aliphatic rings. The summed E-state index contributed by atoms with van der Waals surface area (Å²) in [7, 11) is 1.56. The number of aliphatic hydroxyl groups is 1. The maximum atomic E-state index is 12.1. The first-order valence-electron chi connectivity index (χ1n) is 6.32. The molecule has 19 heavy (non-hydrogen) atoms. The van der Waals surface area contributed by atoms with Crippen LogP contribution in [0.1, 0.15) is 25.8 Å². The molecule has 0 spiro atoms. The van der Waals surface area contributed by atoms with Crippen LogP contribution < -0.4 is 10.3 Å². The Morgan fingerprint density at radius 2 is 2.00 bits per heavy atom. The number of benzene rings is 1. The van der Waals surface area contributed by atoms with Gasteiger partial charge in [-0.05, 0) is 38.8 Å². The summed E-state index contributed by atoms with van der Waals surface area (Å²) in [5, 5.41) is 10.7. The third-order valence-electron chi connectivity index (χ3n) is 3.16. The lowest BCUT2D eigenvalue weighted by atomic mass is 9.98. The lowest BCUT2D eigenvalue weighted by molar-refractivity contribution is 0.0712. The van der Waals surface area contributed by atoms with Crippen molar-refractivity contribution in [3.05, 3.63) is 40.2 Å². The zero-order chi connectivity index (χ0) is 14.0. The van der Waals surface area contributed by atoms with Crippen molar-refractivity contribution in [2.24, 2.45) is 0 Å². The SMILES string of the molecule is COc1c(CCC(C)(C)O)c(=O)[nH]c2ccccc12. The van der Waals surface area contributed by atoms with Gasteiger partial charge in [-0.3, -0.25) is 4.79 Å². The van der Waals surface area contributed by atoms with Crippen LogP contribution in [0.3, 0.4) is 0 Å². The predicted molar refractivity (Wildman–Crippen MR) is 75.7 cm³/mol. The monoisotopic (exact) mass is 261 g/mol. The van der Waals surface area contributed by atoms with Crippen molar-refractivity contribution in [1.82, 2.24) is 4.98 Å². The first-order valence-corrected chi connectivity index (χ1v) is 6.32. The molecular weight excluding hydrogens is 242 g/mol. The number of fused-ring (bicyclic) bond motifs is 1. The van der Waals surface area contributed by atoms with E-state index in [2.05, 4.69) is 4.98 Å². The van der Waals surface area contributed by atoms with E-state index in [0.29, 0.717) is 24.2 Å². The van der Waals surface area contributed by atoms with Crippen molar-refractivity contribution in [3.8, 4) is 5.75 Å². The molecule has 2 aromatic rings. The molecule has 2 rings (SSSR count). The van der Waals surface area contributed by atoms with E-state index in [1.807, 2.05) is 24.3 Å². The van der Waals surface area contributed by atoms with Gasteiger partial charge in [0.25, 0.3) is 5.56 Å². The van der Waals surface area contributed by atoms with E-state index >= 15 is 0 Å². The third-order valence-corrected chi connectivity index (χ3v) is 3.16. The molecule has 1 heterocycles. The topological polar surface area (TPSA) is 62.3 Å². The minimum Gasteiger partial charge on any atom is -0.496 e. The Morgan fingerprint density at radius 1 is 1.32 bits per heavy atom. The summed E-state index contributed by atoms with van der Waals surface area (Å²) in [6.45, 7) is 3.46. The van der Waals surface area contributed by atoms with Crippen molar-refractivity contribution >= 4 is 10.9 Å². The third kappa shape index (κ3) is 2.96. The number of pyridine rings is 1. The van der Waals surface area contributed by atoms with Gasteiger partial charge in [0.05, 0.1) is 23.8 Å². The van der Waals surface area contributed by atoms with Crippen LogP contribution in [0.25, 0.3) is 10.9 Å². The van der Waals surface area contributed by atoms with E-state index in [-0.39, 0.29) is 5.56 Å². The Bertz CT molecular complexity index is 638. The number of para-hydroxylation sites is 1. The van der Waals surface area contributed by atoms with Crippen molar-refractivity contribution < 1.29 is 9.84 Å². The van der Waals surface area contributed by atoms with E-state index in [4.69, 9.17) is 4.74 Å². The summed E-state index contributed by atoms with van der Waals surface area (Å²) in [6, 6.07) is 7.54. The number of hydrogen-bond acceptors (Lipinski definition) is 3. The lowest BCUT2D eigenvalue weighted by Gasteiger charge is -2.18. The minimum absolute atomic E-state index is 0.153. The normalized spacial score (nSPS) is 11.8. The Labute approximate surface area is 112 Å². The number of hydrogen-bond donors (Lipinski definition) is 2. The van der Waals surface area contributed by atoms with E-state index in [1.54, 1.807) is 21.0 Å². The zero-order valence-corrected chi connectivity index (χ0v) is 11.5. The standard InChI is InChI=1S/C15H19NO3/c1-15(2,18)9-8-11-13(19-3)10-6-4-5-7-12(10)16-14(11)17/h4-7,18H,8-9H2,1-3H3,(H,16,17). The molecule has 0 saturated heterocycles. The number of aromatic nitrogens is 1. The molecule has 0 fully saturated rings. The molecule has 4 nitrogen and oxygen atoms in total. The summed E-state index contributed by atoms with van der Waals surface area (Å²) in [5.74, 6) is 0.601. The van der Waals surface area contributed by atoms with Crippen LogP contribution in [0, 0.1) is 0 Å².